The summed E-state index contributed by atoms with van der Waals surface area (Å²) in [5.41, 5.74) is -0.452. The summed E-state index contributed by atoms with van der Waals surface area (Å²) in [7, 11) is -1.05. The van der Waals surface area contributed by atoms with Gasteiger partial charge in [-0.25, -0.2) is 0 Å². The number of aromatic nitrogens is 1. The van der Waals surface area contributed by atoms with Crippen LogP contribution < -0.4 is 10.8 Å². The van der Waals surface area contributed by atoms with Crippen LogP contribution in [0.25, 0.3) is 5.52 Å². The second-order valence-electron chi connectivity index (χ2n) is 10.9. The highest BCUT2D eigenvalue weighted by Gasteiger charge is 2.62. The van der Waals surface area contributed by atoms with E-state index < -0.39 is 36.8 Å². The second-order valence-corrected chi connectivity index (χ2v) is 12.1. The summed E-state index contributed by atoms with van der Waals surface area (Å²) in [6.07, 6.45) is -3.94. The van der Waals surface area contributed by atoms with Crippen LogP contribution in [-0.4, -0.2) is 34.3 Å². The van der Waals surface area contributed by atoms with Crippen LogP contribution in [0.1, 0.15) is 53.0 Å². The molecular formula is C29H22BCl3F3N3O4. The number of halogens is 6. The van der Waals surface area contributed by atoms with Gasteiger partial charge in [0.1, 0.15) is 5.71 Å². The van der Waals surface area contributed by atoms with E-state index in [0.717, 1.165) is 23.3 Å². The summed E-state index contributed by atoms with van der Waals surface area (Å²) in [4.78, 5) is 18.4. The molecule has 43 heavy (non-hydrogen) atoms. The molecule has 0 saturated heterocycles. The first-order valence-corrected chi connectivity index (χ1v) is 14.2. The molecule has 2 aromatic heterocycles. The fraction of sp³-hybridized carbons (Fsp3) is 0.241. The Morgan fingerprint density at radius 3 is 2.53 bits per heavy atom. The molecule has 0 aliphatic carbocycles. The molecule has 0 spiro atoms. The Kier molecular flexibility index (Phi) is 7.25. The van der Waals surface area contributed by atoms with Gasteiger partial charge in [-0.1, -0.05) is 58.2 Å². The molecule has 0 radical (unpaired) electrons. The number of hydrogen-bond acceptors (Lipinski definition) is 5. The lowest BCUT2D eigenvalue weighted by molar-refractivity contribution is -0.275. The highest BCUT2D eigenvalue weighted by Crippen LogP contribution is 2.50. The number of oxime groups is 1. The Balaban J connectivity index is 1.26. The number of carbonyl (C=O) groups excluding carboxylic acids is 1. The molecule has 2 aliphatic heterocycles. The van der Waals surface area contributed by atoms with Gasteiger partial charge in [0.15, 0.2) is 0 Å². The minimum atomic E-state index is -4.89. The first kappa shape index (κ1) is 29.8. The molecule has 14 heteroatoms. The zero-order valence-corrected chi connectivity index (χ0v) is 24.9. The fourth-order valence-electron chi connectivity index (χ4n) is 5.55. The summed E-state index contributed by atoms with van der Waals surface area (Å²) >= 11 is 18.1. The molecule has 4 heterocycles. The smallest absolute Gasteiger partial charge is 0.423 e. The van der Waals surface area contributed by atoms with Gasteiger partial charge in [-0.3, -0.25) is 4.79 Å². The quantitative estimate of drug-likeness (QED) is 0.195. The van der Waals surface area contributed by atoms with E-state index in [-0.39, 0.29) is 32.9 Å². The van der Waals surface area contributed by atoms with Crippen molar-refractivity contribution in [3.05, 3.63) is 104 Å². The lowest BCUT2D eigenvalue weighted by Crippen LogP contribution is -2.42. The van der Waals surface area contributed by atoms with Gasteiger partial charge in [0.05, 0.1) is 43.9 Å². The molecule has 1 atom stereocenters. The Hall–Kier alpha value is -3.22. The molecule has 2 aromatic carbocycles. The number of pyridine rings is 1. The molecule has 0 saturated carbocycles. The number of nitrogens with one attached hydrogen (secondary N) is 1. The molecule has 2 aliphatic rings. The average Bonchev–Trinajstić information content (AvgIpc) is 3.66. The summed E-state index contributed by atoms with van der Waals surface area (Å²) in [5.74, 6) is -0.396. The van der Waals surface area contributed by atoms with Crippen LogP contribution in [0.15, 0.2) is 65.9 Å². The van der Waals surface area contributed by atoms with Crippen LogP contribution in [0, 0.1) is 0 Å². The van der Waals surface area contributed by atoms with Crippen molar-refractivity contribution in [2.24, 2.45) is 5.16 Å². The highest BCUT2D eigenvalue weighted by molar-refractivity contribution is 6.62. The van der Waals surface area contributed by atoms with E-state index in [1.54, 1.807) is 28.8 Å². The normalized spacial score (nSPS) is 19.4. The zero-order valence-electron chi connectivity index (χ0n) is 22.6. The van der Waals surface area contributed by atoms with Crippen LogP contribution in [0.3, 0.4) is 0 Å². The van der Waals surface area contributed by atoms with E-state index in [1.807, 2.05) is 26.0 Å². The first-order chi connectivity index (χ1) is 20.2. The van der Waals surface area contributed by atoms with Crippen molar-refractivity contribution in [2.75, 3.05) is 0 Å². The molecule has 6 rings (SSSR count). The topological polar surface area (TPSA) is 84.6 Å². The predicted molar refractivity (Wildman–Crippen MR) is 158 cm³/mol. The molecule has 4 aromatic rings. The third-order valence-corrected chi connectivity index (χ3v) is 8.96. The fourth-order valence-corrected chi connectivity index (χ4v) is 6.15. The minimum absolute atomic E-state index is 0.00881. The molecule has 1 amide bonds. The van der Waals surface area contributed by atoms with E-state index in [0.29, 0.717) is 22.2 Å². The van der Waals surface area contributed by atoms with E-state index in [9.17, 15) is 23.0 Å². The second kappa shape index (κ2) is 10.5. The summed E-state index contributed by atoms with van der Waals surface area (Å²) in [6, 6.07) is 14.0. The molecule has 7 nitrogen and oxygen atoms in total. The standard InChI is InChI=1S/C29H22BCl3F3N3O4/c1-27(2)18-7-5-15(10-19(18)30(41)42-27)14-37-26(40)17-6-8-24(39-9-3-4-23(17)39)22-13-28(43-38-22,29(34,35)36)16-11-20(31)25(33)21(32)12-16/h3-12,41H,13-14H2,1-2H3,(H,37,40)/t28-/m0/s1. The summed E-state index contributed by atoms with van der Waals surface area (Å²) < 4.78 is 50.8. The molecule has 0 unspecified atom stereocenters. The number of nitrogens with zero attached hydrogens (tertiary/aromatic N) is 2. The average molecular weight is 651 g/mol. The third-order valence-electron chi connectivity index (χ3n) is 7.76. The van der Waals surface area contributed by atoms with Gasteiger partial charge in [-0.15, -0.1) is 0 Å². The van der Waals surface area contributed by atoms with E-state index in [2.05, 4.69) is 10.5 Å². The number of hydrogen-bond donors (Lipinski definition) is 2. The van der Waals surface area contributed by atoms with Crippen molar-refractivity contribution in [1.29, 1.82) is 0 Å². The molecule has 0 fully saturated rings. The Morgan fingerprint density at radius 2 is 1.84 bits per heavy atom. The van der Waals surface area contributed by atoms with Gasteiger partial charge in [-0.2, -0.15) is 13.2 Å². The highest BCUT2D eigenvalue weighted by atomic mass is 35.5. The number of rotatable bonds is 5. The van der Waals surface area contributed by atoms with Crippen molar-refractivity contribution in [3.63, 3.8) is 0 Å². The van der Waals surface area contributed by atoms with Gasteiger partial charge in [-0.05, 0) is 66.8 Å². The maximum absolute atomic E-state index is 14.5. The van der Waals surface area contributed by atoms with Crippen LogP contribution in [0.5, 0.6) is 0 Å². The van der Waals surface area contributed by atoms with Crippen molar-refractivity contribution in [3.8, 4) is 0 Å². The minimum Gasteiger partial charge on any atom is -0.423 e. The lowest BCUT2D eigenvalue weighted by atomic mass is 9.77. The SMILES string of the molecule is CC1(C)OB(O)c2cc(CNC(=O)c3ccc(C4=NO[C@@](c5cc(Cl)c(Cl)c(Cl)c5)(C(F)(F)F)C4)n4cccc34)ccc21. The molecule has 2 N–H and O–H groups in total. The Labute approximate surface area is 259 Å². The van der Waals surface area contributed by atoms with E-state index in [4.69, 9.17) is 44.3 Å². The van der Waals surface area contributed by atoms with Gasteiger partial charge < -0.3 is 24.2 Å². The largest absolute Gasteiger partial charge is 0.492 e. The Bertz CT molecular complexity index is 1800. The van der Waals surface area contributed by atoms with Gasteiger partial charge >= 0.3 is 13.3 Å². The number of alkyl halides is 3. The predicted octanol–water partition coefficient (Wildman–Crippen LogP) is 6.36. The number of carbonyl (C=O) groups is 1. The summed E-state index contributed by atoms with van der Waals surface area (Å²) in [6.45, 7) is 3.91. The van der Waals surface area contributed by atoms with Crippen LogP contribution in [-0.2, 0) is 27.2 Å². The summed E-state index contributed by atoms with van der Waals surface area (Å²) in [5, 5.41) is 16.6. The monoisotopic (exact) mass is 649 g/mol. The first-order valence-electron chi connectivity index (χ1n) is 13.1. The van der Waals surface area contributed by atoms with Gasteiger partial charge in [0.25, 0.3) is 11.5 Å². The van der Waals surface area contributed by atoms with E-state index >= 15 is 0 Å². The van der Waals surface area contributed by atoms with Gasteiger partial charge in [0.2, 0.25) is 0 Å². The van der Waals surface area contributed by atoms with Crippen LogP contribution in [0.4, 0.5) is 13.2 Å². The van der Waals surface area contributed by atoms with Crippen molar-refractivity contribution < 1.29 is 32.5 Å². The molecular weight excluding hydrogens is 629 g/mol. The van der Waals surface area contributed by atoms with E-state index in [1.165, 1.54) is 12.1 Å². The molecule has 222 valence electrons. The molecule has 0 bridgehead atoms. The van der Waals surface area contributed by atoms with Crippen LogP contribution in [0.2, 0.25) is 15.1 Å². The number of benzene rings is 2. The maximum atomic E-state index is 14.5. The van der Waals surface area contributed by atoms with Crippen LogP contribution >= 0.6 is 34.8 Å². The third kappa shape index (κ3) is 4.97. The lowest BCUT2D eigenvalue weighted by Gasteiger charge is -2.30. The number of amides is 1. The van der Waals surface area contributed by atoms with Crippen molar-refractivity contribution >= 4 is 64.5 Å². The van der Waals surface area contributed by atoms with Gasteiger partial charge in [0, 0.05) is 18.3 Å². The van der Waals surface area contributed by atoms with Crippen molar-refractivity contribution in [2.45, 2.75) is 44.2 Å². The zero-order chi connectivity index (χ0) is 30.9. The number of fused-ring (bicyclic) bond motifs is 2. The Morgan fingerprint density at radius 1 is 1.12 bits per heavy atom. The van der Waals surface area contributed by atoms with Crippen molar-refractivity contribution in [1.82, 2.24) is 9.72 Å². The maximum Gasteiger partial charge on any atom is 0.492 e.